The van der Waals surface area contributed by atoms with Gasteiger partial charge >= 0.3 is 0 Å². The number of nitrogens with zero attached hydrogens (tertiary/aromatic N) is 3. The first-order chi connectivity index (χ1) is 15.9. The van der Waals surface area contributed by atoms with Gasteiger partial charge in [0.25, 0.3) is 0 Å². The van der Waals surface area contributed by atoms with Crippen molar-refractivity contribution in [3.63, 3.8) is 0 Å². The van der Waals surface area contributed by atoms with Crippen molar-refractivity contribution in [2.45, 2.75) is 75.6 Å². The first-order valence-electron chi connectivity index (χ1n) is 12.0. The van der Waals surface area contributed by atoms with E-state index >= 15 is 0 Å². The predicted molar refractivity (Wildman–Crippen MR) is 142 cm³/mol. The van der Waals surface area contributed by atoms with E-state index in [4.69, 9.17) is 21.3 Å². The number of thioether (sulfide) groups is 1. The second-order valence-electron chi connectivity index (χ2n) is 10.1. The largest absolute Gasteiger partial charge is 0.495 e. The first kappa shape index (κ1) is 24.4. The van der Waals surface area contributed by atoms with E-state index in [0.717, 1.165) is 24.2 Å². The van der Waals surface area contributed by atoms with Crippen molar-refractivity contribution in [1.82, 2.24) is 4.90 Å². The fourth-order valence-corrected chi connectivity index (χ4v) is 6.23. The van der Waals surface area contributed by atoms with E-state index in [0.29, 0.717) is 16.8 Å². The first-order valence-corrected chi connectivity index (χ1v) is 13.2. The highest BCUT2D eigenvalue weighted by Crippen LogP contribution is 2.37. The maximum Gasteiger partial charge on any atom is 0.171 e. The average molecular weight is 486 g/mol. The van der Waals surface area contributed by atoms with Crippen LogP contribution in [0, 0.1) is 0 Å². The number of anilines is 1. The van der Waals surface area contributed by atoms with Crippen molar-refractivity contribution in [3.05, 3.63) is 53.1 Å². The molecule has 4 nitrogen and oxygen atoms in total. The van der Waals surface area contributed by atoms with Crippen LogP contribution in [0.4, 0.5) is 5.69 Å². The molecule has 0 amide bonds. The summed E-state index contributed by atoms with van der Waals surface area (Å²) in [4.78, 5) is 11.3. The van der Waals surface area contributed by atoms with Crippen LogP contribution in [-0.4, -0.2) is 36.6 Å². The Labute approximate surface area is 208 Å². The molecule has 1 heterocycles. The zero-order valence-corrected chi connectivity index (χ0v) is 21.9. The Bertz CT molecular complexity index is 980. The summed E-state index contributed by atoms with van der Waals surface area (Å²) in [6.45, 7) is 8.39. The van der Waals surface area contributed by atoms with Gasteiger partial charge in [0.2, 0.25) is 0 Å². The number of rotatable bonds is 4. The van der Waals surface area contributed by atoms with Gasteiger partial charge in [0.15, 0.2) is 5.17 Å². The van der Waals surface area contributed by atoms with E-state index < -0.39 is 0 Å². The third-order valence-electron chi connectivity index (χ3n) is 6.63. The lowest BCUT2D eigenvalue weighted by Gasteiger charge is -2.40. The van der Waals surface area contributed by atoms with Crippen molar-refractivity contribution in [2.24, 2.45) is 4.99 Å². The lowest BCUT2D eigenvalue weighted by atomic mass is 9.87. The van der Waals surface area contributed by atoms with E-state index in [2.05, 4.69) is 60.9 Å². The molecule has 0 bridgehead atoms. The highest BCUT2D eigenvalue weighted by molar-refractivity contribution is 8.14. The molecule has 0 spiro atoms. The van der Waals surface area contributed by atoms with Crippen LogP contribution < -0.4 is 9.64 Å². The fraction of sp³-hybridized carbons (Fsp3) is 0.519. The summed E-state index contributed by atoms with van der Waals surface area (Å²) in [6.07, 6.45) is 7.88. The number of amidine groups is 1. The van der Waals surface area contributed by atoms with Gasteiger partial charge in [-0.15, -0.1) is 0 Å². The van der Waals surface area contributed by atoms with Crippen molar-refractivity contribution in [3.8, 4) is 5.75 Å². The van der Waals surface area contributed by atoms with Crippen molar-refractivity contribution in [1.29, 1.82) is 0 Å². The van der Waals surface area contributed by atoms with Gasteiger partial charge in [-0.1, -0.05) is 88.0 Å². The molecule has 33 heavy (non-hydrogen) atoms. The standard InChI is InChI=1S/C27H36ClN3OS/c1-27(2,3)22-13-9-10-14-25(22)33-26-29-18-30(20-11-7-5-6-8-12-20)19-31(26)21-15-16-24(32-4)23(28)17-21/h9-10,13-17,20H,5-8,11-12,18-19H2,1-4H3. The van der Waals surface area contributed by atoms with E-state index in [-0.39, 0.29) is 5.41 Å². The molecule has 0 N–H and O–H groups in total. The monoisotopic (exact) mass is 485 g/mol. The number of aliphatic imine (C=N–C) groups is 1. The summed E-state index contributed by atoms with van der Waals surface area (Å²) in [5.74, 6) is 0.697. The number of halogens is 1. The van der Waals surface area contributed by atoms with Gasteiger partial charge in [-0.3, -0.25) is 4.90 Å². The Morgan fingerprint density at radius 1 is 1.03 bits per heavy atom. The highest BCUT2D eigenvalue weighted by Gasteiger charge is 2.30. The number of hydrogen-bond acceptors (Lipinski definition) is 5. The summed E-state index contributed by atoms with van der Waals surface area (Å²) in [6, 6.07) is 15.3. The van der Waals surface area contributed by atoms with Crippen LogP contribution in [0.3, 0.4) is 0 Å². The van der Waals surface area contributed by atoms with Gasteiger partial charge in [0.1, 0.15) is 5.75 Å². The molecule has 2 aromatic rings. The molecule has 178 valence electrons. The Morgan fingerprint density at radius 2 is 1.76 bits per heavy atom. The second-order valence-corrected chi connectivity index (χ2v) is 11.5. The molecule has 0 atom stereocenters. The summed E-state index contributed by atoms with van der Waals surface area (Å²) in [5.41, 5.74) is 2.47. The van der Waals surface area contributed by atoms with Crippen molar-refractivity contribution in [2.75, 3.05) is 25.3 Å². The van der Waals surface area contributed by atoms with E-state index in [9.17, 15) is 0 Å². The maximum absolute atomic E-state index is 6.54. The zero-order valence-electron chi connectivity index (χ0n) is 20.3. The molecule has 2 aliphatic rings. The molecule has 0 saturated heterocycles. The minimum absolute atomic E-state index is 0.0689. The van der Waals surface area contributed by atoms with Gasteiger partial charge in [-0.25, -0.2) is 4.99 Å². The summed E-state index contributed by atoms with van der Waals surface area (Å²) < 4.78 is 5.40. The van der Waals surface area contributed by atoms with Gasteiger partial charge in [-0.2, -0.15) is 0 Å². The molecule has 1 fully saturated rings. The van der Waals surface area contributed by atoms with E-state index in [1.54, 1.807) is 18.9 Å². The Balaban J connectivity index is 1.67. The molecule has 1 aliphatic carbocycles. The van der Waals surface area contributed by atoms with Crippen LogP contribution in [-0.2, 0) is 5.41 Å². The quantitative estimate of drug-likeness (QED) is 0.418. The minimum Gasteiger partial charge on any atom is -0.495 e. The van der Waals surface area contributed by atoms with Gasteiger partial charge in [-0.05, 0) is 48.1 Å². The summed E-state index contributed by atoms with van der Waals surface area (Å²) in [5, 5.41) is 1.65. The Morgan fingerprint density at radius 3 is 2.42 bits per heavy atom. The number of hydrogen-bond donors (Lipinski definition) is 0. The molecule has 0 unspecified atom stereocenters. The normalized spacial score (nSPS) is 18.7. The predicted octanol–water partition coefficient (Wildman–Crippen LogP) is 7.55. The van der Waals surface area contributed by atoms with Crippen LogP contribution in [0.25, 0.3) is 0 Å². The molecule has 4 rings (SSSR count). The Kier molecular flexibility index (Phi) is 7.93. The number of ether oxygens (including phenoxy) is 1. The van der Waals surface area contributed by atoms with Gasteiger partial charge < -0.3 is 9.64 Å². The molecule has 6 heteroatoms. The topological polar surface area (TPSA) is 28.1 Å². The number of benzene rings is 2. The van der Waals surface area contributed by atoms with Gasteiger partial charge in [0.05, 0.1) is 25.5 Å². The molecule has 1 saturated carbocycles. The van der Waals surface area contributed by atoms with Crippen molar-refractivity contribution >= 4 is 34.2 Å². The lowest BCUT2D eigenvalue weighted by molar-refractivity contribution is 0.184. The molecule has 1 aliphatic heterocycles. The zero-order chi connectivity index (χ0) is 23.4. The third kappa shape index (κ3) is 5.87. The smallest absolute Gasteiger partial charge is 0.171 e. The SMILES string of the molecule is COc1ccc(N2CN(C3CCCCCC3)CN=C2Sc2ccccc2C(C)(C)C)cc1Cl. The average Bonchev–Trinajstić information content (AvgIpc) is 3.09. The lowest BCUT2D eigenvalue weighted by Crippen LogP contribution is -2.49. The second kappa shape index (κ2) is 10.7. The molecular formula is C27H36ClN3OS. The van der Waals surface area contributed by atoms with E-state index in [1.807, 2.05) is 12.1 Å². The maximum atomic E-state index is 6.54. The Hall–Kier alpha value is -1.69. The third-order valence-corrected chi connectivity index (χ3v) is 8.03. The van der Waals surface area contributed by atoms with Crippen LogP contribution in [0.15, 0.2) is 52.4 Å². The highest BCUT2D eigenvalue weighted by atomic mass is 35.5. The minimum atomic E-state index is 0.0689. The molecule has 0 radical (unpaired) electrons. The van der Waals surface area contributed by atoms with Crippen molar-refractivity contribution < 1.29 is 4.74 Å². The summed E-state index contributed by atoms with van der Waals surface area (Å²) >= 11 is 8.30. The van der Waals surface area contributed by atoms with Crippen LogP contribution in [0.5, 0.6) is 5.75 Å². The fourth-order valence-electron chi connectivity index (χ4n) is 4.75. The van der Waals surface area contributed by atoms with Crippen LogP contribution >= 0.6 is 23.4 Å². The molecular weight excluding hydrogens is 450 g/mol. The van der Waals surface area contributed by atoms with Crippen LogP contribution in [0.1, 0.15) is 64.9 Å². The van der Waals surface area contributed by atoms with E-state index in [1.165, 1.54) is 49.0 Å². The van der Waals surface area contributed by atoms with Gasteiger partial charge in [0, 0.05) is 16.6 Å². The molecule has 2 aromatic carbocycles. The van der Waals surface area contributed by atoms with Crippen LogP contribution in [0.2, 0.25) is 5.02 Å². The molecule has 0 aromatic heterocycles. The summed E-state index contributed by atoms with van der Waals surface area (Å²) in [7, 11) is 1.65. The number of methoxy groups -OCH3 is 1.